The minimum absolute atomic E-state index is 0.0436. The fourth-order valence-electron chi connectivity index (χ4n) is 2.82. The molecule has 10 heteroatoms. The van der Waals surface area contributed by atoms with Gasteiger partial charge in [0, 0.05) is 11.3 Å². The smallest absolute Gasteiger partial charge is 0.248 e. The molecule has 1 N–H and O–H groups in total. The van der Waals surface area contributed by atoms with Crippen molar-refractivity contribution in [2.45, 2.75) is 19.9 Å². The number of hydrogen-bond acceptors (Lipinski definition) is 7. The highest BCUT2D eigenvalue weighted by atomic mass is 16.2. The monoisotopic (exact) mass is 375 g/mol. The van der Waals surface area contributed by atoms with E-state index in [2.05, 4.69) is 36.3 Å². The third-order valence-electron chi connectivity index (χ3n) is 4.15. The average Bonchev–Trinajstić information content (AvgIpc) is 3.40. The van der Waals surface area contributed by atoms with Gasteiger partial charge in [-0.1, -0.05) is 37.3 Å². The predicted molar refractivity (Wildman–Crippen MR) is 100 cm³/mol. The van der Waals surface area contributed by atoms with Crippen LogP contribution < -0.4 is 5.32 Å². The topological polar surface area (TPSA) is 116 Å². The molecule has 0 bridgehead atoms. The van der Waals surface area contributed by atoms with Crippen LogP contribution in [0.1, 0.15) is 12.5 Å². The van der Waals surface area contributed by atoms with Crippen LogP contribution in [0.4, 0.5) is 5.69 Å². The van der Waals surface area contributed by atoms with Gasteiger partial charge in [-0.2, -0.15) is 9.48 Å². The highest BCUT2D eigenvalue weighted by Crippen LogP contribution is 2.22. The van der Waals surface area contributed by atoms with Crippen LogP contribution in [0, 0.1) is 0 Å². The molecule has 0 aliphatic carbocycles. The highest BCUT2D eigenvalue weighted by Gasteiger charge is 2.14. The van der Waals surface area contributed by atoms with Crippen molar-refractivity contribution >= 4 is 11.6 Å². The summed E-state index contributed by atoms with van der Waals surface area (Å²) in [4.78, 5) is 13.6. The number of para-hydroxylation sites is 2. The van der Waals surface area contributed by atoms with Crippen molar-refractivity contribution in [2.75, 3.05) is 5.32 Å². The summed E-state index contributed by atoms with van der Waals surface area (Å²) in [5.74, 6) is 0.159. The Morgan fingerprint density at radius 1 is 1.07 bits per heavy atom. The summed E-state index contributed by atoms with van der Waals surface area (Å²) in [6.45, 7) is 2.00. The normalized spacial score (nSPS) is 10.8. The molecule has 2 heterocycles. The van der Waals surface area contributed by atoms with E-state index in [1.807, 2.05) is 55.5 Å². The number of aromatic nitrogens is 8. The van der Waals surface area contributed by atoms with Crippen molar-refractivity contribution in [2.24, 2.45) is 0 Å². The Kier molecular flexibility index (Phi) is 4.83. The lowest BCUT2D eigenvalue weighted by atomic mass is 10.1. The lowest BCUT2D eigenvalue weighted by molar-refractivity contribution is -0.117. The maximum atomic E-state index is 12.4. The number of carbonyl (C=O) groups excluding carboxylic acids is 1. The van der Waals surface area contributed by atoms with E-state index in [1.54, 1.807) is 0 Å². The molecule has 28 heavy (non-hydrogen) atoms. The number of tetrazole rings is 2. The Labute approximate surface area is 160 Å². The van der Waals surface area contributed by atoms with Gasteiger partial charge in [-0.05, 0) is 45.8 Å². The van der Waals surface area contributed by atoms with Crippen LogP contribution >= 0.6 is 0 Å². The Morgan fingerprint density at radius 2 is 1.89 bits per heavy atom. The van der Waals surface area contributed by atoms with E-state index in [-0.39, 0.29) is 12.5 Å². The molecule has 140 valence electrons. The number of benzene rings is 2. The Morgan fingerprint density at radius 3 is 2.71 bits per heavy atom. The summed E-state index contributed by atoms with van der Waals surface area (Å²) < 4.78 is 1.52. The second kappa shape index (κ2) is 7.74. The Hall–Kier alpha value is -3.95. The summed E-state index contributed by atoms with van der Waals surface area (Å²) in [6.07, 6.45) is 2.32. The van der Waals surface area contributed by atoms with Gasteiger partial charge in [0.1, 0.15) is 12.9 Å². The maximum Gasteiger partial charge on any atom is 0.248 e. The van der Waals surface area contributed by atoms with Crippen LogP contribution in [0.25, 0.3) is 17.1 Å². The van der Waals surface area contributed by atoms with E-state index in [0.717, 1.165) is 17.7 Å². The number of anilines is 1. The lowest BCUT2D eigenvalue weighted by Gasteiger charge is -2.08. The molecule has 10 nitrogen and oxygen atoms in total. The molecule has 0 saturated carbocycles. The molecule has 0 saturated heterocycles. The SMILES string of the molecule is CCc1ccccc1NC(=O)Cn1nnc(-c2ccccc2-n2cnnn2)n1. The van der Waals surface area contributed by atoms with E-state index in [4.69, 9.17) is 0 Å². The molecule has 2 aromatic carbocycles. The minimum atomic E-state index is -0.224. The van der Waals surface area contributed by atoms with Gasteiger partial charge in [-0.25, -0.2) is 0 Å². The van der Waals surface area contributed by atoms with Gasteiger partial charge in [0.2, 0.25) is 11.7 Å². The fraction of sp³-hybridized carbons (Fsp3) is 0.167. The molecule has 1 amide bonds. The first-order chi connectivity index (χ1) is 13.7. The minimum Gasteiger partial charge on any atom is -0.324 e. The third-order valence-corrected chi connectivity index (χ3v) is 4.15. The number of rotatable bonds is 6. The highest BCUT2D eigenvalue weighted by molar-refractivity contribution is 5.91. The first-order valence-corrected chi connectivity index (χ1v) is 8.73. The molecule has 0 unspecified atom stereocenters. The zero-order chi connectivity index (χ0) is 19.3. The van der Waals surface area contributed by atoms with Crippen molar-refractivity contribution in [3.05, 3.63) is 60.4 Å². The molecule has 0 radical (unpaired) electrons. The molecular formula is C18H17N9O. The molecule has 0 aliphatic heterocycles. The van der Waals surface area contributed by atoms with Crippen molar-refractivity contribution < 1.29 is 4.79 Å². The number of amides is 1. The molecule has 4 aromatic rings. The fourth-order valence-corrected chi connectivity index (χ4v) is 2.82. The van der Waals surface area contributed by atoms with Crippen molar-refractivity contribution in [1.82, 2.24) is 40.4 Å². The van der Waals surface area contributed by atoms with E-state index in [0.29, 0.717) is 17.1 Å². The summed E-state index contributed by atoms with van der Waals surface area (Å²) in [5.41, 5.74) is 3.28. The molecule has 0 spiro atoms. The number of nitrogens with zero attached hydrogens (tertiary/aromatic N) is 8. The van der Waals surface area contributed by atoms with Crippen molar-refractivity contribution in [1.29, 1.82) is 0 Å². The average molecular weight is 375 g/mol. The molecule has 4 rings (SSSR count). The van der Waals surface area contributed by atoms with E-state index in [9.17, 15) is 4.79 Å². The van der Waals surface area contributed by atoms with Crippen LogP contribution in [0.15, 0.2) is 54.9 Å². The summed E-state index contributed by atoms with van der Waals surface area (Å²) in [6, 6.07) is 15.1. The van der Waals surface area contributed by atoms with Gasteiger partial charge in [-0.15, -0.1) is 15.3 Å². The number of hydrogen-bond donors (Lipinski definition) is 1. The van der Waals surface area contributed by atoms with Gasteiger partial charge in [0.15, 0.2) is 0 Å². The largest absolute Gasteiger partial charge is 0.324 e. The van der Waals surface area contributed by atoms with Crippen molar-refractivity contribution in [3.8, 4) is 17.1 Å². The van der Waals surface area contributed by atoms with E-state index < -0.39 is 0 Å². The molecule has 0 aliphatic rings. The maximum absolute atomic E-state index is 12.4. The second-order valence-corrected chi connectivity index (χ2v) is 5.97. The summed E-state index contributed by atoms with van der Waals surface area (Å²) in [7, 11) is 0. The second-order valence-electron chi connectivity index (χ2n) is 5.97. The van der Waals surface area contributed by atoms with Gasteiger partial charge in [-0.3, -0.25) is 4.79 Å². The zero-order valence-corrected chi connectivity index (χ0v) is 15.1. The number of nitrogens with one attached hydrogen (secondary N) is 1. The van der Waals surface area contributed by atoms with Gasteiger partial charge >= 0.3 is 0 Å². The van der Waals surface area contributed by atoms with Crippen LogP contribution in [-0.2, 0) is 17.8 Å². The lowest BCUT2D eigenvalue weighted by Crippen LogP contribution is -2.21. The summed E-state index contributed by atoms with van der Waals surface area (Å²) >= 11 is 0. The molecular weight excluding hydrogens is 358 g/mol. The van der Waals surface area contributed by atoms with Crippen LogP contribution in [0.2, 0.25) is 0 Å². The van der Waals surface area contributed by atoms with Gasteiger partial charge < -0.3 is 5.32 Å². The zero-order valence-electron chi connectivity index (χ0n) is 15.1. The third kappa shape index (κ3) is 3.61. The predicted octanol–water partition coefficient (Wildman–Crippen LogP) is 1.52. The van der Waals surface area contributed by atoms with E-state index >= 15 is 0 Å². The molecule has 2 aromatic heterocycles. The molecule has 0 atom stereocenters. The number of aryl methyl sites for hydroxylation is 1. The van der Waals surface area contributed by atoms with Crippen LogP contribution in [-0.4, -0.2) is 46.3 Å². The Balaban J connectivity index is 1.52. The van der Waals surface area contributed by atoms with Gasteiger partial charge in [0.25, 0.3) is 0 Å². The van der Waals surface area contributed by atoms with Crippen LogP contribution in [0.5, 0.6) is 0 Å². The van der Waals surface area contributed by atoms with Crippen molar-refractivity contribution in [3.63, 3.8) is 0 Å². The quantitative estimate of drug-likeness (QED) is 0.543. The first-order valence-electron chi connectivity index (χ1n) is 8.73. The van der Waals surface area contributed by atoms with Gasteiger partial charge in [0.05, 0.1) is 5.69 Å². The first kappa shape index (κ1) is 17.5. The number of carbonyl (C=O) groups is 1. The van der Waals surface area contributed by atoms with Crippen LogP contribution in [0.3, 0.4) is 0 Å². The van der Waals surface area contributed by atoms with E-state index in [1.165, 1.54) is 15.8 Å². The summed E-state index contributed by atoms with van der Waals surface area (Å²) in [5, 5.41) is 26.5. The Bertz CT molecular complexity index is 1090. The standard InChI is InChI=1S/C18H17N9O/c1-2-13-7-3-5-9-15(13)20-17(28)11-27-22-18(21-24-27)14-8-4-6-10-16(14)26-12-19-23-25-26/h3-10,12H,2,11H2,1H3,(H,20,28). The molecule has 0 fully saturated rings.